The lowest BCUT2D eigenvalue weighted by molar-refractivity contribution is -0.120. The molecule has 1 atom stereocenters. The van der Waals surface area contributed by atoms with Crippen LogP contribution in [0.15, 0.2) is 0 Å². The van der Waals surface area contributed by atoms with Crippen LogP contribution in [0.25, 0.3) is 0 Å². The van der Waals surface area contributed by atoms with Gasteiger partial charge in [-0.3, -0.25) is 4.79 Å². The van der Waals surface area contributed by atoms with Crippen molar-refractivity contribution in [2.45, 2.75) is 19.9 Å². The average molecular weight is 208 g/mol. The SMILES string of the molecule is CCOC(=O)N(C)C(C)C(=O)CCl. The summed E-state index contributed by atoms with van der Waals surface area (Å²) < 4.78 is 4.71. The van der Waals surface area contributed by atoms with Crippen molar-refractivity contribution >= 4 is 23.5 Å². The van der Waals surface area contributed by atoms with Gasteiger partial charge in [0.1, 0.15) is 0 Å². The van der Waals surface area contributed by atoms with E-state index >= 15 is 0 Å². The third kappa shape index (κ3) is 3.63. The second-order valence-corrected chi connectivity index (χ2v) is 2.85. The molecule has 0 aromatic carbocycles. The fourth-order valence-corrected chi connectivity index (χ4v) is 0.934. The van der Waals surface area contributed by atoms with Gasteiger partial charge in [0.05, 0.1) is 18.5 Å². The van der Waals surface area contributed by atoms with Crippen molar-refractivity contribution in [2.24, 2.45) is 0 Å². The van der Waals surface area contributed by atoms with Gasteiger partial charge in [-0.2, -0.15) is 0 Å². The number of rotatable bonds is 4. The molecule has 0 aromatic heterocycles. The monoisotopic (exact) mass is 207 g/mol. The second kappa shape index (κ2) is 5.80. The first-order chi connectivity index (χ1) is 6.04. The fraction of sp³-hybridized carbons (Fsp3) is 0.750. The van der Waals surface area contributed by atoms with Crippen molar-refractivity contribution in [2.75, 3.05) is 19.5 Å². The normalized spacial score (nSPS) is 12.0. The van der Waals surface area contributed by atoms with Crippen LogP contribution in [0.4, 0.5) is 4.79 Å². The highest BCUT2D eigenvalue weighted by Gasteiger charge is 2.21. The molecule has 1 amide bonds. The van der Waals surface area contributed by atoms with Crippen LogP contribution in [-0.2, 0) is 9.53 Å². The lowest BCUT2D eigenvalue weighted by Gasteiger charge is -2.21. The second-order valence-electron chi connectivity index (χ2n) is 2.59. The molecule has 1 unspecified atom stereocenters. The van der Waals surface area contributed by atoms with E-state index in [0.29, 0.717) is 6.61 Å². The number of hydrogen-bond donors (Lipinski definition) is 0. The number of carbonyl (C=O) groups is 2. The predicted octanol–water partition coefficient (Wildman–Crippen LogP) is 1.27. The molecular weight excluding hydrogens is 194 g/mol. The van der Waals surface area contributed by atoms with Crippen LogP contribution in [0, 0.1) is 0 Å². The van der Waals surface area contributed by atoms with E-state index in [0.717, 1.165) is 0 Å². The molecule has 0 N–H and O–H groups in total. The van der Waals surface area contributed by atoms with Gasteiger partial charge in [-0.15, -0.1) is 11.6 Å². The minimum Gasteiger partial charge on any atom is -0.450 e. The van der Waals surface area contributed by atoms with E-state index in [1.54, 1.807) is 13.8 Å². The van der Waals surface area contributed by atoms with E-state index < -0.39 is 12.1 Å². The standard InChI is InChI=1S/C8H14ClNO3/c1-4-13-8(12)10(3)6(2)7(11)5-9/h6H,4-5H2,1-3H3. The van der Waals surface area contributed by atoms with E-state index in [4.69, 9.17) is 16.3 Å². The van der Waals surface area contributed by atoms with Crippen molar-refractivity contribution < 1.29 is 14.3 Å². The summed E-state index contributed by atoms with van der Waals surface area (Å²) in [6.07, 6.45) is -0.506. The van der Waals surface area contributed by atoms with Crippen molar-refractivity contribution in [1.82, 2.24) is 4.90 Å². The summed E-state index contributed by atoms with van der Waals surface area (Å²) in [5.74, 6) is -0.289. The first-order valence-electron chi connectivity index (χ1n) is 4.02. The Labute approximate surface area is 82.8 Å². The Morgan fingerprint density at radius 3 is 2.46 bits per heavy atom. The number of amides is 1. The van der Waals surface area contributed by atoms with E-state index in [9.17, 15) is 9.59 Å². The van der Waals surface area contributed by atoms with E-state index in [1.165, 1.54) is 11.9 Å². The Morgan fingerprint density at radius 1 is 1.54 bits per heavy atom. The lowest BCUT2D eigenvalue weighted by Crippen LogP contribution is -2.41. The number of likely N-dealkylation sites (N-methyl/N-ethyl adjacent to an activating group) is 1. The van der Waals surface area contributed by atoms with E-state index in [-0.39, 0.29) is 11.7 Å². The van der Waals surface area contributed by atoms with Gasteiger partial charge in [-0.1, -0.05) is 0 Å². The number of nitrogens with zero attached hydrogens (tertiary/aromatic N) is 1. The van der Waals surface area contributed by atoms with Gasteiger partial charge in [-0.05, 0) is 13.8 Å². The number of Topliss-reactive ketones (excluding diaryl/α,β-unsaturated/α-hetero) is 1. The van der Waals surface area contributed by atoms with E-state index in [2.05, 4.69) is 0 Å². The summed E-state index contributed by atoms with van der Waals surface area (Å²) >= 11 is 5.34. The number of ketones is 1. The molecule has 0 aromatic rings. The summed E-state index contributed by atoms with van der Waals surface area (Å²) in [6, 6.07) is -0.531. The third-order valence-electron chi connectivity index (χ3n) is 1.73. The molecule has 0 aliphatic heterocycles. The highest BCUT2D eigenvalue weighted by atomic mass is 35.5. The maximum Gasteiger partial charge on any atom is 0.410 e. The highest BCUT2D eigenvalue weighted by molar-refractivity contribution is 6.28. The number of hydrogen-bond acceptors (Lipinski definition) is 3. The minimum atomic E-state index is -0.531. The van der Waals surface area contributed by atoms with Gasteiger partial charge in [-0.25, -0.2) is 4.79 Å². The smallest absolute Gasteiger partial charge is 0.410 e. The first-order valence-corrected chi connectivity index (χ1v) is 4.56. The third-order valence-corrected chi connectivity index (χ3v) is 2.00. The Kier molecular flexibility index (Phi) is 5.46. The van der Waals surface area contributed by atoms with Crippen LogP contribution < -0.4 is 0 Å². The summed E-state index contributed by atoms with van der Waals surface area (Å²) in [6.45, 7) is 3.62. The van der Waals surface area contributed by atoms with Crippen molar-refractivity contribution in [3.8, 4) is 0 Å². The number of alkyl halides is 1. The van der Waals surface area contributed by atoms with Crippen molar-refractivity contribution in [3.05, 3.63) is 0 Å². The lowest BCUT2D eigenvalue weighted by atomic mass is 10.2. The van der Waals surface area contributed by atoms with Crippen LogP contribution >= 0.6 is 11.6 Å². The van der Waals surface area contributed by atoms with E-state index in [1.807, 2.05) is 0 Å². The van der Waals surface area contributed by atoms with Gasteiger partial charge in [0.2, 0.25) is 0 Å². The average Bonchev–Trinajstić information content (AvgIpc) is 2.14. The molecule has 5 heteroatoms. The summed E-state index contributed by atoms with van der Waals surface area (Å²) in [7, 11) is 1.51. The molecule has 0 aliphatic rings. The van der Waals surface area contributed by atoms with Gasteiger partial charge < -0.3 is 9.64 Å². The molecule has 0 saturated heterocycles. The number of halogens is 1. The zero-order valence-corrected chi connectivity index (χ0v) is 8.80. The zero-order chi connectivity index (χ0) is 10.4. The molecule has 4 nitrogen and oxygen atoms in total. The molecule has 0 bridgehead atoms. The molecule has 0 aliphatic carbocycles. The Hall–Kier alpha value is -0.770. The topological polar surface area (TPSA) is 46.6 Å². The van der Waals surface area contributed by atoms with Crippen LogP contribution in [0.2, 0.25) is 0 Å². The maximum absolute atomic E-state index is 11.1. The molecule has 0 radical (unpaired) electrons. The zero-order valence-electron chi connectivity index (χ0n) is 8.04. The van der Waals surface area contributed by atoms with Gasteiger partial charge in [0, 0.05) is 7.05 Å². The Bertz CT molecular complexity index is 196. The van der Waals surface area contributed by atoms with Gasteiger partial charge >= 0.3 is 6.09 Å². The molecule has 0 heterocycles. The fourth-order valence-electron chi connectivity index (χ4n) is 0.711. The van der Waals surface area contributed by atoms with Crippen molar-refractivity contribution in [1.29, 1.82) is 0 Å². The molecule has 0 spiro atoms. The summed E-state index contributed by atoms with van der Waals surface area (Å²) in [5, 5.41) is 0. The summed E-state index contributed by atoms with van der Waals surface area (Å²) in [5.41, 5.74) is 0. The minimum absolute atomic E-state index is 0.0923. The molecule has 13 heavy (non-hydrogen) atoms. The maximum atomic E-state index is 11.1. The Balaban J connectivity index is 4.16. The molecular formula is C8H14ClNO3. The quantitative estimate of drug-likeness (QED) is 0.653. The number of ether oxygens (including phenoxy) is 1. The summed E-state index contributed by atoms with van der Waals surface area (Å²) in [4.78, 5) is 23.4. The van der Waals surface area contributed by atoms with Crippen LogP contribution in [-0.4, -0.2) is 42.4 Å². The van der Waals surface area contributed by atoms with Crippen LogP contribution in [0.5, 0.6) is 0 Å². The molecule has 0 saturated carbocycles. The first kappa shape index (κ1) is 12.2. The number of carbonyl (C=O) groups excluding carboxylic acids is 2. The van der Waals surface area contributed by atoms with Crippen molar-refractivity contribution in [3.63, 3.8) is 0 Å². The van der Waals surface area contributed by atoms with Crippen LogP contribution in [0.3, 0.4) is 0 Å². The van der Waals surface area contributed by atoms with Gasteiger partial charge in [0.15, 0.2) is 5.78 Å². The molecule has 0 fully saturated rings. The molecule has 76 valence electrons. The predicted molar refractivity (Wildman–Crippen MR) is 50.0 cm³/mol. The van der Waals surface area contributed by atoms with Crippen LogP contribution in [0.1, 0.15) is 13.8 Å². The molecule has 0 rings (SSSR count). The van der Waals surface area contributed by atoms with Gasteiger partial charge in [0.25, 0.3) is 0 Å². The largest absolute Gasteiger partial charge is 0.450 e. The Morgan fingerprint density at radius 2 is 2.08 bits per heavy atom. The highest BCUT2D eigenvalue weighted by Crippen LogP contribution is 2.01.